The highest BCUT2D eigenvalue weighted by atomic mass is 16.2. The van der Waals surface area contributed by atoms with Crippen LogP contribution in [-0.4, -0.2) is 42.0 Å². The molecule has 0 radical (unpaired) electrons. The molecule has 0 aliphatic heterocycles. The summed E-state index contributed by atoms with van der Waals surface area (Å²) < 4.78 is 0. The summed E-state index contributed by atoms with van der Waals surface area (Å²) in [6, 6.07) is 0.183. The number of hydrogen-bond donors (Lipinski definition) is 0. The van der Waals surface area contributed by atoms with Gasteiger partial charge in [-0.05, 0) is 26.7 Å². The van der Waals surface area contributed by atoms with E-state index < -0.39 is 0 Å². The maximum Gasteiger partial charge on any atom is 0.319 e. The number of rotatable bonds is 6. The Bertz CT molecular complexity index is 178. The first kappa shape index (κ1) is 14.3. The van der Waals surface area contributed by atoms with Crippen molar-refractivity contribution in [1.29, 1.82) is 0 Å². The van der Waals surface area contributed by atoms with Gasteiger partial charge < -0.3 is 9.80 Å². The second-order valence-corrected chi connectivity index (χ2v) is 4.01. The van der Waals surface area contributed by atoms with E-state index in [9.17, 15) is 4.79 Å². The fourth-order valence-electron chi connectivity index (χ4n) is 1.54. The van der Waals surface area contributed by atoms with Crippen LogP contribution in [0.2, 0.25) is 0 Å². The zero-order valence-electron chi connectivity index (χ0n) is 10.9. The van der Waals surface area contributed by atoms with E-state index in [0.29, 0.717) is 5.92 Å². The number of urea groups is 1. The number of carbonyl (C=O) groups is 1. The molecule has 0 fully saturated rings. The van der Waals surface area contributed by atoms with Gasteiger partial charge in [-0.3, -0.25) is 0 Å². The molecule has 15 heavy (non-hydrogen) atoms. The van der Waals surface area contributed by atoms with Crippen molar-refractivity contribution in [1.82, 2.24) is 9.80 Å². The zero-order valence-corrected chi connectivity index (χ0v) is 10.9. The van der Waals surface area contributed by atoms with Gasteiger partial charge in [0, 0.05) is 26.2 Å². The third kappa shape index (κ3) is 4.54. The molecule has 90 valence electrons. The van der Waals surface area contributed by atoms with Crippen molar-refractivity contribution in [3.63, 3.8) is 0 Å². The van der Waals surface area contributed by atoms with Crippen molar-refractivity contribution in [2.45, 2.75) is 41.0 Å². The normalized spacial score (nSPS) is 12.3. The molecule has 0 heterocycles. The van der Waals surface area contributed by atoms with E-state index in [1.165, 1.54) is 0 Å². The van der Waals surface area contributed by atoms with Crippen molar-refractivity contribution in [2.24, 2.45) is 5.92 Å². The maximum absolute atomic E-state index is 12.0. The van der Waals surface area contributed by atoms with Crippen LogP contribution < -0.4 is 0 Å². The van der Waals surface area contributed by atoms with Crippen molar-refractivity contribution in [3.05, 3.63) is 0 Å². The molecule has 3 nitrogen and oxygen atoms in total. The minimum absolute atomic E-state index is 0.183. The van der Waals surface area contributed by atoms with E-state index in [-0.39, 0.29) is 6.03 Å². The van der Waals surface area contributed by atoms with Gasteiger partial charge in [-0.2, -0.15) is 0 Å². The maximum atomic E-state index is 12.0. The first-order chi connectivity index (χ1) is 7.10. The Morgan fingerprint density at radius 2 is 1.47 bits per heavy atom. The molecule has 0 spiro atoms. The van der Waals surface area contributed by atoms with E-state index in [0.717, 1.165) is 32.6 Å². The standard InChI is InChI=1S/C12H26N2O/c1-6-11(5)10-14(9-4)12(15)13(7-2)8-3/h11H,6-10H2,1-5H3. The van der Waals surface area contributed by atoms with Gasteiger partial charge in [-0.15, -0.1) is 0 Å². The monoisotopic (exact) mass is 214 g/mol. The third-order valence-corrected chi connectivity index (χ3v) is 2.92. The fourth-order valence-corrected chi connectivity index (χ4v) is 1.54. The van der Waals surface area contributed by atoms with E-state index in [1.807, 2.05) is 30.6 Å². The Labute approximate surface area is 94.4 Å². The minimum Gasteiger partial charge on any atom is -0.325 e. The Morgan fingerprint density at radius 3 is 1.80 bits per heavy atom. The summed E-state index contributed by atoms with van der Waals surface area (Å²) >= 11 is 0. The molecule has 0 saturated carbocycles. The highest BCUT2D eigenvalue weighted by Gasteiger charge is 2.18. The van der Waals surface area contributed by atoms with Crippen LogP contribution in [0.15, 0.2) is 0 Å². The second kappa shape index (κ2) is 7.55. The highest BCUT2D eigenvalue weighted by molar-refractivity contribution is 5.74. The predicted molar refractivity (Wildman–Crippen MR) is 65.0 cm³/mol. The molecule has 1 atom stereocenters. The third-order valence-electron chi connectivity index (χ3n) is 2.92. The van der Waals surface area contributed by atoms with E-state index in [2.05, 4.69) is 13.8 Å². The molecule has 0 N–H and O–H groups in total. The summed E-state index contributed by atoms with van der Waals surface area (Å²) in [7, 11) is 0. The molecule has 3 heteroatoms. The summed E-state index contributed by atoms with van der Waals surface area (Å²) in [6.45, 7) is 13.7. The summed E-state index contributed by atoms with van der Waals surface area (Å²) in [6.07, 6.45) is 1.13. The van der Waals surface area contributed by atoms with Gasteiger partial charge in [0.25, 0.3) is 0 Å². The summed E-state index contributed by atoms with van der Waals surface area (Å²) in [5, 5.41) is 0. The smallest absolute Gasteiger partial charge is 0.319 e. The van der Waals surface area contributed by atoms with E-state index in [1.54, 1.807) is 0 Å². The van der Waals surface area contributed by atoms with Crippen molar-refractivity contribution >= 4 is 6.03 Å². The minimum atomic E-state index is 0.183. The summed E-state index contributed by atoms with van der Waals surface area (Å²) in [5.74, 6) is 0.587. The van der Waals surface area contributed by atoms with Crippen LogP contribution in [0.1, 0.15) is 41.0 Å². The average Bonchev–Trinajstić information content (AvgIpc) is 2.26. The van der Waals surface area contributed by atoms with Gasteiger partial charge >= 0.3 is 6.03 Å². The summed E-state index contributed by atoms with van der Waals surface area (Å²) in [5.41, 5.74) is 0. The average molecular weight is 214 g/mol. The predicted octanol–water partition coefficient (Wildman–Crippen LogP) is 2.82. The molecule has 0 bridgehead atoms. The lowest BCUT2D eigenvalue weighted by Gasteiger charge is -2.30. The zero-order chi connectivity index (χ0) is 11.8. The molecule has 0 saturated heterocycles. The van der Waals surface area contributed by atoms with Crippen LogP contribution in [0.4, 0.5) is 4.79 Å². The lowest BCUT2D eigenvalue weighted by Crippen LogP contribution is -2.44. The van der Waals surface area contributed by atoms with Gasteiger partial charge in [-0.25, -0.2) is 4.79 Å². The lowest BCUT2D eigenvalue weighted by atomic mass is 10.1. The Balaban J connectivity index is 4.32. The van der Waals surface area contributed by atoms with Crippen LogP contribution in [0, 0.1) is 5.92 Å². The molecule has 0 aliphatic carbocycles. The fraction of sp³-hybridized carbons (Fsp3) is 0.917. The topological polar surface area (TPSA) is 23.6 Å². The number of carbonyl (C=O) groups excluding carboxylic acids is 1. The van der Waals surface area contributed by atoms with E-state index in [4.69, 9.17) is 0 Å². The highest BCUT2D eigenvalue weighted by Crippen LogP contribution is 2.07. The largest absolute Gasteiger partial charge is 0.325 e. The van der Waals surface area contributed by atoms with Crippen LogP contribution in [0.3, 0.4) is 0 Å². The van der Waals surface area contributed by atoms with Gasteiger partial charge in [0.1, 0.15) is 0 Å². The van der Waals surface area contributed by atoms with Crippen molar-refractivity contribution in [2.75, 3.05) is 26.2 Å². The first-order valence-corrected chi connectivity index (χ1v) is 6.14. The molecule has 0 aliphatic rings. The van der Waals surface area contributed by atoms with Crippen LogP contribution in [0.25, 0.3) is 0 Å². The van der Waals surface area contributed by atoms with Gasteiger partial charge in [0.15, 0.2) is 0 Å². The SMILES string of the molecule is CCC(C)CN(CC)C(=O)N(CC)CC. The second-order valence-electron chi connectivity index (χ2n) is 4.01. The van der Waals surface area contributed by atoms with Crippen LogP contribution in [-0.2, 0) is 0 Å². The molecule has 0 aromatic carbocycles. The van der Waals surface area contributed by atoms with Crippen LogP contribution in [0.5, 0.6) is 0 Å². The number of amides is 2. The number of nitrogens with zero attached hydrogens (tertiary/aromatic N) is 2. The molecule has 0 aromatic rings. The Morgan fingerprint density at radius 1 is 1.00 bits per heavy atom. The Kier molecular flexibility index (Phi) is 7.18. The molecular weight excluding hydrogens is 188 g/mol. The molecule has 0 rings (SSSR count). The van der Waals surface area contributed by atoms with E-state index >= 15 is 0 Å². The lowest BCUT2D eigenvalue weighted by molar-refractivity contribution is 0.152. The first-order valence-electron chi connectivity index (χ1n) is 6.14. The summed E-state index contributed by atoms with van der Waals surface area (Å²) in [4.78, 5) is 15.9. The Hall–Kier alpha value is -0.730. The van der Waals surface area contributed by atoms with Crippen molar-refractivity contribution in [3.8, 4) is 0 Å². The van der Waals surface area contributed by atoms with Gasteiger partial charge in [0.2, 0.25) is 0 Å². The molecule has 2 amide bonds. The molecule has 0 aromatic heterocycles. The van der Waals surface area contributed by atoms with Crippen LogP contribution >= 0.6 is 0 Å². The van der Waals surface area contributed by atoms with Gasteiger partial charge in [0.05, 0.1) is 0 Å². The molecule has 1 unspecified atom stereocenters. The van der Waals surface area contributed by atoms with Gasteiger partial charge in [-0.1, -0.05) is 20.3 Å². The molecular formula is C12H26N2O. The quantitative estimate of drug-likeness (QED) is 0.667. The number of hydrogen-bond acceptors (Lipinski definition) is 1. The van der Waals surface area contributed by atoms with Crippen molar-refractivity contribution < 1.29 is 4.79 Å².